The molecule has 13 heavy (non-hydrogen) atoms. The third kappa shape index (κ3) is 2.13. The Morgan fingerprint density at radius 3 is 1.77 bits per heavy atom. The molecule has 0 atom stereocenters. The number of benzene rings is 2. The molecule has 0 fully saturated rings. The van der Waals surface area contributed by atoms with Gasteiger partial charge in [-0.05, 0) is 0 Å². The van der Waals surface area contributed by atoms with E-state index in [1.165, 1.54) is 37.2 Å². The van der Waals surface area contributed by atoms with Gasteiger partial charge in [0.1, 0.15) is 0 Å². The Balaban J connectivity index is 2.42. The fraction of sp³-hybridized carbons (Fsp3) is 0. The Bertz CT molecular complexity index is 376. The molecule has 62 valence electrons. The molecule has 2 aromatic rings. The molecule has 2 rings (SSSR count). The molecular weight excluding hydrogens is 263 g/mol. The second-order valence-electron chi connectivity index (χ2n) is 2.99. The van der Waals surface area contributed by atoms with Crippen molar-refractivity contribution in [1.82, 2.24) is 0 Å². The van der Waals surface area contributed by atoms with Crippen molar-refractivity contribution in [3.05, 3.63) is 54.6 Å². The van der Waals surface area contributed by atoms with Crippen LogP contribution in [0.25, 0.3) is 11.1 Å². The zero-order chi connectivity index (χ0) is 9.10. The van der Waals surface area contributed by atoms with Gasteiger partial charge in [0.2, 0.25) is 0 Å². The van der Waals surface area contributed by atoms with Gasteiger partial charge in [-0.25, -0.2) is 0 Å². The SMILES string of the molecule is [SnH][c]1ccc(-c2ccccc2)cc1. The summed E-state index contributed by atoms with van der Waals surface area (Å²) >= 11 is 1.20. The summed E-state index contributed by atoms with van der Waals surface area (Å²) in [7, 11) is 0. The van der Waals surface area contributed by atoms with E-state index >= 15 is 0 Å². The van der Waals surface area contributed by atoms with Gasteiger partial charge in [-0.15, -0.1) is 0 Å². The van der Waals surface area contributed by atoms with Crippen molar-refractivity contribution < 1.29 is 0 Å². The van der Waals surface area contributed by atoms with E-state index in [-0.39, 0.29) is 0 Å². The van der Waals surface area contributed by atoms with Crippen LogP contribution in [0.5, 0.6) is 0 Å². The van der Waals surface area contributed by atoms with Crippen molar-refractivity contribution in [3.8, 4) is 11.1 Å². The molecule has 0 bridgehead atoms. The molecule has 0 aromatic heterocycles. The summed E-state index contributed by atoms with van der Waals surface area (Å²) in [4.78, 5) is 0. The monoisotopic (exact) mass is 274 g/mol. The van der Waals surface area contributed by atoms with E-state index in [1.807, 2.05) is 6.07 Å². The number of hydrogen-bond donors (Lipinski definition) is 0. The van der Waals surface area contributed by atoms with E-state index in [1.54, 1.807) is 0 Å². The Morgan fingerprint density at radius 1 is 0.615 bits per heavy atom. The van der Waals surface area contributed by atoms with Crippen molar-refractivity contribution in [1.29, 1.82) is 0 Å². The molecule has 0 amide bonds. The molecule has 0 heterocycles. The standard InChI is InChI=1S/C12H9.Sn.H/c1-3-7-11(8-4-1)12-9-5-2-6-10-12;;/h1,3-10H;;. The zero-order valence-electron chi connectivity index (χ0n) is 7.27. The second kappa shape index (κ2) is 3.96. The van der Waals surface area contributed by atoms with Gasteiger partial charge in [0.05, 0.1) is 0 Å². The van der Waals surface area contributed by atoms with E-state index in [0.717, 1.165) is 0 Å². The van der Waals surface area contributed by atoms with Gasteiger partial charge in [0, 0.05) is 0 Å². The topological polar surface area (TPSA) is 0 Å². The molecule has 0 N–H and O–H groups in total. The van der Waals surface area contributed by atoms with Gasteiger partial charge in [-0.1, -0.05) is 0 Å². The van der Waals surface area contributed by atoms with E-state index in [4.69, 9.17) is 0 Å². The first kappa shape index (κ1) is 8.82. The van der Waals surface area contributed by atoms with E-state index in [2.05, 4.69) is 48.5 Å². The second-order valence-corrected chi connectivity index (χ2v) is 4.89. The van der Waals surface area contributed by atoms with Crippen LogP contribution in [0.2, 0.25) is 0 Å². The molecule has 0 unspecified atom stereocenters. The molecule has 2 radical (unpaired) electrons. The number of rotatable bonds is 1. The molecule has 0 aliphatic rings. The van der Waals surface area contributed by atoms with Gasteiger partial charge >= 0.3 is 91.8 Å². The first-order chi connectivity index (χ1) is 6.36. The van der Waals surface area contributed by atoms with Gasteiger partial charge in [-0.2, -0.15) is 0 Å². The molecule has 2 aromatic carbocycles. The summed E-state index contributed by atoms with van der Waals surface area (Å²) in [6.07, 6.45) is 0. The Kier molecular flexibility index (Phi) is 2.69. The average Bonchev–Trinajstić information content (AvgIpc) is 2.20. The van der Waals surface area contributed by atoms with Crippen LogP contribution in [0.1, 0.15) is 0 Å². The molecule has 0 saturated carbocycles. The van der Waals surface area contributed by atoms with Gasteiger partial charge < -0.3 is 0 Å². The van der Waals surface area contributed by atoms with Crippen molar-refractivity contribution in [3.63, 3.8) is 0 Å². The minimum absolute atomic E-state index is 1.20. The average molecular weight is 273 g/mol. The molecular formula is C12H10Sn. The normalized spacial score (nSPS) is 9.92. The third-order valence-corrected chi connectivity index (χ3v) is 3.12. The van der Waals surface area contributed by atoms with Gasteiger partial charge in [-0.3, -0.25) is 0 Å². The summed E-state index contributed by atoms with van der Waals surface area (Å²) < 4.78 is 1.44. The quantitative estimate of drug-likeness (QED) is 0.696. The first-order valence-electron chi connectivity index (χ1n) is 4.27. The summed E-state index contributed by atoms with van der Waals surface area (Å²) in [5, 5.41) is 0. The minimum atomic E-state index is 1.20. The van der Waals surface area contributed by atoms with E-state index < -0.39 is 0 Å². The van der Waals surface area contributed by atoms with Crippen LogP contribution in [-0.4, -0.2) is 22.5 Å². The summed E-state index contributed by atoms with van der Waals surface area (Å²) in [5.41, 5.74) is 2.60. The van der Waals surface area contributed by atoms with Crippen molar-refractivity contribution in [2.24, 2.45) is 0 Å². The van der Waals surface area contributed by atoms with Gasteiger partial charge in [0.25, 0.3) is 0 Å². The maximum atomic E-state index is 2.20. The Hall–Kier alpha value is -0.761. The molecule has 0 saturated heterocycles. The van der Waals surface area contributed by atoms with Crippen LogP contribution in [0.15, 0.2) is 54.6 Å². The van der Waals surface area contributed by atoms with Crippen LogP contribution in [0.3, 0.4) is 0 Å². The van der Waals surface area contributed by atoms with Crippen LogP contribution >= 0.6 is 0 Å². The summed E-state index contributed by atoms with van der Waals surface area (Å²) in [6.45, 7) is 0. The molecule has 0 aliphatic carbocycles. The molecule has 1 heteroatoms. The zero-order valence-corrected chi connectivity index (χ0v) is 10.6. The predicted molar refractivity (Wildman–Crippen MR) is 58.7 cm³/mol. The fourth-order valence-electron chi connectivity index (χ4n) is 1.31. The summed E-state index contributed by atoms with van der Waals surface area (Å²) in [5.74, 6) is 0. The van der Waals surface area contributed by atoms with Crippen LogP contribution in [-0.2, 0) is 0 Å². The van der Waals surface area contributed by atoms with Crippen LogP contribution in [0.4, 0.5) is 0 Å². The summed E-state index contributed by atoms with van der Waals surface area (Å²) in [6, 6.07) is 19.2. The Morgan fingerprint density at radius 2 is 1.15 bits per heavy atom. The third-order valence-electron chi connectivity index (χ3n) is 2.02. The molecule has 0 spiro atoms. The van der Waals surface area contributed by atoms with Crippen LogP contribution in [0, 0.1) is 0 Å². The van der Waals surface area contributed by atoms with Crippen LogP contribution < -0.4 is 3.58 Å². The number of hydrogen-bond acceptors (Lipinski definition) is 0. The van der Waals surface area contributed by atoms with E-state index in [9.17, 15) is 0 Å². The Labute approximate surface area is 91.7 Å². The molecule has 0 aliphatic heterocycles. The van der Waals surface area contributed by atoms with E-state index in [0.29, 0.717) is 0 Å². The molecule has 0 nitrogen and oxygen atoms in total. The fourth-order valence-corrected chi connectivity index (χ4v) is 1.86. The predicted octanol–water partition coefficient (Wildman–Crippen LogP) is 1.88. The maximum absolute atomic E-state index is 2.20. The van der Waals surface area contributed by atoms with Gasteiger partial charge in [0.15, 0.2) is 0 Å². The first-order valence-corrected chi connectivity index (χ1v) is 5.92. The van der Waals surface area contributed by atoms with Crippen molar-refractivity contribution in [2.45, 2.75) is 0 Å². The van der Waals surface area contributed by atoms with Crippen molar-refractivity contribution in [2.75, 3.05) is 0 Å². The van der Waals surface area contributed by atoms with Crippen molar-refractivity contribution >= 4 is 26.1 Å².